The van der Waals surface area contributed by atoms with Gasteiger partial charge < -0.3 is 10.2 Å². The fourth-order valence-corrected chi connectivity index (χ4v) is 1.84. The Balaban J connectivity index is 2.00. The van der Waals surface area contributed by atoms with E-state index in [4.69, 9.17) is 10.2 Å². The average Bonchev–Trinajstić information content (AvgIpc) is 2.82. The van der Waals surface area contributed by atoms with Crippen molar-refractivity contribution >= 4 is 0 Å². The molecule has 0 unspecified atom stereocenters. The molecular formula is C13H17N3O. The molecule has 0 aliphatic rings. The quantitative estimate of drug-likeness (QED) is 0.852. The summed E-state index contributed by atoms with van der Waals surface area (Å²) in [5.74, 6) is 0. The van der Waals surface area contributed by atoms with E-state index in [1.165, 1.54) is 11.1 Å². The smallest absolute Gasteiger partial charge is 0.0947 e. The molecule has 2 aromatic rings. The summed E-state index contributed by atoms with van der Waals surface area (Å²) < 4.78 is 5.05. The number of nitrogens with two attached hydrogens (primary N) is 1. The van der Waals surface area contributed by atoms with Crippen LogP contribution < -0.4 is 5.73 Å². The van der Waals surface area contributed by atoms with Crippen molar-refractivity contribution in [1.82, 2.24) is 9.88 Å². The predicted octanol–water partition coefficient (Wildman–Crippen LogP) is 1.77. The highest BCUT2D eigenvalue weighted by Crippen LogP contribution is 2.10. The maximum Gasteiger partial charge on any atom is 0.0947 e. The molecule has 2 heterocycles. The van der Waals surface area contributed by atoms with E-state index >= 15 is 0 Å². The van der Waals surface area contributed by atoms with Crippen LogP contribution in [-0.4, -0.2) is 16.9 Å². The van der Waals surface area contributed by atoms with Gasteiger partial charge in [-0.15, -0.1) is 0 Å². The number of rotatable bonds is 5. The molecule has 4 heteroatoms. The van der Waals surface area contributed by atoms with Gasteiger partial charge in [0.1, 0.15) is 0 Å². The van der Waals surface area contributed by atoms with Crippen LogP contribution in [0.25, 0.3) is 0 Å². The fourth-order valence-electron chi connectivity index (χ4n) is 1.84. The zero-order chi connectivity index (χ0) is 12.1. The summed E-state index contributed by atoms with van der Waals surface area (Å²) in [6.07, 6.45) is 5.24. The predicted molar refractivity (Wildman–Crippen MR) is 66.0 cm³/mol. The van der Waals surface area contributed by atoms with Gasteiger partial charge in [-0.2, -0.15) is 0 Å². The Morgan fingerprint density at radius 2 is 2.24 bits per heavy atom. The maximum absolute atomic E-state index is 5.67. The molecule has 0 radical (unpaired) electrons. The van der Waals surface area contributed by atoms with Crippen LogP contribution in [0.4, 0.5) is 0 Å². The Hall–Kier alpha value is -1.65. The average molecular weight is 231 g/mol. The Morgan fingerprint density at radius 1 is 1.35 bits per heavy atom. The Kier molecular flexibility index (Phi) is 3.90. The van der Waals surface area contributed by atoms with Crippen molar-refractivity contribution in [3.8, 4) is 0 Å². The molecule has 0 aliphatic carbocycles. The molecule has 2 N–H and O–H groups in total. The molecule has 2 rings (SSSR count). The Morgan fingerprint density at radius 3 is 2.94 bits per heavy atom. The first-order chi connectivity index (χ1) is 8.29. The lowest BCUT2D eigenvalue weighted by atomic mass is 10.1. The molecule has 0 aliphatic heterocycles. The zero-order valence-electron chi connectivity index (χ0n) is 9.97. The standard InChI is InChI=1S/C13H17N3O/c1-16(8-11-4-6-17-10-11)9-12-3-2-5-15-13(12)7-14/h2-6,10H,7-9,14H2,1H3. The summed E-state index contributed by atoms with van der Waals surface area (Å²) in [7, 11) is 2.07. The van der Waals surface area contributed by atoms with Gasteiger partial charge in [0.2, 0.25) is 0 Å². The van der Waals surface area contributed by atoms with Crippen LogP contribution in [0, 0.1) is 0 Å². The van der Waals surface area contributed by atoms with Crippen LogP contribution in [0.2, 0.25) is 0 Å². The lowest BCUT2D eigenvalue weighted by Crippen LogP contribution is -2.19. The highest BCUT2D eigenvalue weighted by Gasteiger charge is 2.06. The van der Waals surface area contributed by atoms with E-state index in [0.717, 1.165) is 18.8 Å². The lowest BCUT2D eigenvalue weighted by Gasteiger charge is -2.17. The van der Waals surface area contributed by atoms with Crippen LogP contribution in [0.15, 0.2) is 41.3 Å². The largest absolute Gasteiger partial charge is 0.472 e. The third-order valence-electron chi connectivity index (χ3n) is 2.65. The summed E-state index contributed by atoms with van der Waals surface area (Å²) >= 11 is 0. The van der Waals surface area contributed by atoms with Crippen LogP contribution in [0.1, 0.15) is 16.8 Å². The van der Waals surface area contributed by atoms with Gasteiger partial charge in [-0.05, 0) is 24.7 Å². The minimum Gasteiger partial charge on any atom is -0.472 e. The summed E-state index contributed by atoms with van der Waals surface area (Å²) in [6.45, 7) is 2.18. The van der Waals surface area contributed by atoms with Gasteiger partial charge in [0.25, 0.3) is 0 Å². The molecule has 0 bridgehead atoms. The molecule has 2 aromatic heterocycles. The van der Waals surface area contributed by atoms with Gasteiger partial charge in [0.05, 0.1) is 18.2 Å². The van der Waals surface area contributed by atoms with Crippen LogP contribution in [0.5, 0.6) is 0 Å². The van der Waals surface area contributed by atoms with Crippen molar-refractivity contribution in [3.63, 3.8) is 0 Å². The highest BCUT2D eigenvalue weighted by atomic mass is 16.3. The van der Waals surface area contributed by atoms with Crippen LogP contribution in [0.3, 0.4) is 0 Å². The van der Waals surface area contributed by atoms with E-state index in [0.29, 0.717) is 6.54 Å². The number of pyridine rings is 1. The molecule has 0 fully saturated rings. The Labute approximate surface area is 101 Å². The number of hydrogen-bond donors (Lipinski definition) is 1. The maximum atomic E-state index is 5.67. The first-order valence-corrected chi connectivity index (χ1v) is 5.62. The molecule has 4 nitrogen and oxygen atoms in total. The lowest BCUT2D eigenvalue weighted by molar-refractivity contribution is 0.316. The highest BCUT2D eigenvalue weighted by molar-refractivity contribution is 5.19. The topological polar surface area (TPSA) is 55.3 Å². The molecule has 0 spiro atoms. The molecule has 17 heavy (non-hydrogen) atoms. The molecule has 90 valence electrons. The second kappa shape index (κ2) is 5.61. The van der Waals surface area contributed by atoms with E-state index in [1.54, 1.807) is 18.7 Å². The SMILES string of the molecule is CN(Cc1ccoc1)Cc1cccnc1CN. The van der Waals surface area contributed by atoms with Gasteiger partial charge in [-0.25, -0.2) is 0 Å². The van der Waals surface area contributed by atoms with Gasteiger partial charge >= 0.3 is 0 Å². The van der Waals surface area contributed by atoms with Gasteiger partial charge in [-0.1, -0.05) is 6.07 Å². The molecular weight excluding hydrogens is 214 g/mol. The van der Waals surface area contributed by atoms with E-state index < -0.39 is 0 Å². The van der Waals surface area contributed by atoms with E-state index in [9.17, 15) is 0 Å². The van der Waals surface area contributed by atoms with Crippen molar-refractivity contribution in [2.24, 2.45) is 5.73 Å². The van der Waals surface area contributed by atoms with Gasteiger partial charge in [0.15, 0.2) is 0 Å². The second-order valence-corrected chi connectivity index (χ2v) is 4.12. The van der Waals surface area contributed by atoms with Crippen molar-refractivity contribution in [2.75, 3.05) is 7.05 Å². The van der Waals surface area contributed by atoms with Crippen molar-refractivity contribution < 1.29 is 4.42 Å². The zero-order valence-corrected chi connectivity index (χ0v) is 9.97. The van der Waals surface area contributed by atoms with E-state index in [2.05, 4.69) is 23.0 Å². The monoisotopic (exact) mass is 231 g/mol. The number of aromatic nitrogens is 1. The van der Waals surface area contributed by atoms with E-state index in [1.807, 2.05) is 12.1 Å². The summed E-state index contributed by atoms with van der Waals surface area (Å²) in [5.41, 5.74) is 8.98. The second-order valence-electron chi connectivity index (χ2n) is 4.12. The Bertz CT molecular complexity index is 453. The first kappa shape index (κ1) is 11.8. The van der Waals surface area contributed by atoms with Crippen molar-refractivity contribution in [3.05, 3.63) is 53.7 Å². The third-order valence-corrected chi connectivity index (χ3v) is 2.65. The summed E-state index contributed by atoms with van der Waals surface area (Å²) in [4.78, 5) is 6.49. The molecule has 0 atom stereocenters. The molecule has 0 amide bonds. The summed E-state index contributed by atoms with van der Waals surface area (Å²) in [5, 5.41) is 0. The minimum absolute atomic E-state index is 0.482. The van der Waals surface area contributed by atoms with Gasteiger partial charge in [0, 0.05) is 31.4 Å². The number of hydrogen-bond acceptors (Lipinski definition) is 4. The minimum atomic E-state index is 0.482. The molecule has 0 aromatic carbocycles. The van der Waals surface area contributed by atoms with Crippen LogP contribution >= 0.6 is 0 Å². The first-order valence-electron chi connectivity index (χ1n) is 5.62. The van der Waals surface area contributed by atoms with Crippen LogP contribution in [-0.2, 0) is 19.6 Å². The third kappa shape index (κ3) is 3.15. The summed E-state index contributed by atoms with van der Waals surface area (Å²) in [6, 6.07) is 5.99. The van der Waals surface area contributed by atoms with E-state index in [-0.39, 0.29) is 0 Å². The number of furan rings is 1. The fraction of sp³-hybridized carbons (Fsp3) is 0.308. The normalized spacial score (nSPS) is 11.0. The van der Waals surface area contributed by atoms with Crippen molar-refractivity contribution in [2.45, 2.75) is 19.6 Å². The number of nitrogens with zero attached hydrogens (tertiary/aromatic N) is 2. The van der Waals surface area contributed by atoms with Gasteiger partial charge in [-0.3, -0.25) is 9.88 Å². The molecule has 0 saturated carbocycles. The van der Waals surface area contributed by atoms with Crippen molar-refractivity contribution in [1.29, 1.82) is 0 Å². The molecule has 0 saturated heterocycles.